The Balaban J connectivity index is 1.60. The average Bonchev–Trinajstić information content (AvgIpc) is 3.22. The lowest BCUT2D eigenvalue weighted by Crippen LogP contribution is -2.40. The number of aryl methyl sites for hydroxylation is 2. The zero-order valence-corrected chi connectivity index (χ0v) is 13.8. The highest BCUT2D eigenvalue weighted by molar-refractivity contribution is 5.92. The summed E-state index contributed by atoms with van der Waals surface area (Å²) >= 11 is 0. The zero-order valence-electron chi connectivity index (χ0n) is 13.8. The maximum atomic E-state index is 12.7. The van der Waals surface area contributed by atoms with Crippen LogP contribution in [-0.4, -0.2) is 43.2 Å². The minimum absolute atomic E-state index is 0.0293. The van der Waals surface area contributed by atoms with Crippen molar-refractivity contribution >= 4 is 5.91 Å². The molecule has 0 aliphatic carbocycles. The summed E-state index contributed by atoms with van der Waals surface area (Å²) in [5.74, 6) is 1.06. The molecule has 7 heteroatoms. The predicted molar refractivity (Wildman–Crippen MR) is 87.9 cm³/mol. The van der Waals surface area contributed by atoms with Crippen LogP contribution in [0.3, 0.4) is 0 Å². The van der Waals surface area contributed by atoms with Gasteiger partial charge in [0.05, 0.1) is 0 Å². The number of carbonyl (C=O) groups excluding carboxylic acids is 1. The van der Waals surface area contributed by atoms with Gasteiger partial charge in [-0.05, 0) is 25.3 Å². The molecule has 0 radical (unpaired) electrons. The topological polar surface area (TPSA) is 73.0 Å². The Labute approximate surface area is 139 Å². The Morgan fingerprint density at radius 2 is 2.17 bits per heavy atom. The summed E-state index contributed by atoms with van der Waals surface area (Å²) in [5, 5.41) is 4.22. The average molecular weight is 327 g/mol. The first-order chi connectivity index (χ1) is 11.6. The molecule has 1 saturated heterocycles. The van der Waals surface area contributed by atoms with E-state index in [9.17, 15) is 9.59 Å². The van der Waals surface area contributed by atoms with Crippen molar-refractivity contribution in [2.75, 3.05) is 13.1 Å². The Bertz CT molecular complexity index is 838. The number of likely N-dealkylation sites (tertiary alicyclic amines) is 1. The molecule has 4 heterocycles. The lowest BCUT2D eigenvalue weighted by molar-refractivity contribution is 0.0697. The van der Waals surface area contributed by atoms with Crippen molar-refractivity contribution in [1.82, 2.24) is 24.2 Å². The molecule has 0 N–H and O–H groups in total. The fourth-order valence-corrected chi connectivity index (χ4v) is 3.85. The first-order valence-corrected chi connectivity index (χ1v) is 8.51. The van der Waals surface area contributed by atoms with Gasteiger partial charge in [0.1, 0.15) is 11.5 Å². The molecule has 2 aliphatic heterocycles. The minimum Gasteiger partial charge on any atom is -0.337 e. The van der Waals surface area contributed by atoms with Crippen molar-refractivity contribution in [3.63, 3.8) is 0 Å². The second kappa shape index (κ2) is 5.89. The highest BCUT2D eigenvalue weighted by Crippen LogP contribution is 2.29. The molecule has 0 bridgehead atoms. The highest BCUT2D eigenvalue weighted by atomic mass is 16.2. The van der Waals surface area contributed by atoms with E-state index in [-0.39, 0.29) is 17.4 Å². The summed E-state index contributed by atoms with van der Waals surface area (Å²) in [7, 11) is 1.81. The molecule has 0 saturated carbocycles. The van der Waals surface area contributed by atoms with E-state index in [0.717, 1.165) is 50.3 Å². The van der Waals surface area contributed by atoms with Crippen LogP contribution in [0.25, 0.3) is 0 Å². The zero-order chi connectivity index (χ0) is 16.7. The molecular weight excluding hydrogens is 306 g/mol. The highest BCUT2D eigenvalue weighted by Gasteiger charge is 2.29. The SMILES string of the molecule is Cn1ccc(C(=O)N2CCC[C@@H](c3cc(=O)nc4n3CCC4)C2)n1. The number of aromatic nitrogens is 4. The second-order valence-electron chi connectivity index (χ2n) is 6.66. The number of fused-ring (bicyclic) bond motifs is 1. The van der Waals surface area contributed by atoms with Crippen molar-refractivity contribution in [3.8, 4) is 0 Å². The summed E-state index contributed by atoms with van der Waals surface area (Å²) in [6, 6.07) is 3.41. The van der Waals surface area contributed by atoms with E-state index in [4.69, 9.17) is 0 Å². The van der Waals surface area contributed by atoms with Crippen LogP contribution in [-0.2, 0) is 20.0 Å². The van der Waals surface area contributed by atoms with Gasteiger partial charge < -0.3 is 9.47 Å². The second-order valence-corrected chi connectivity index (χ2v) is 6.66. The minimum atomic E-state index is -0.161. The van der Waals surface area contributed by atoms with Gasteiger partial charge in [-0.3, -0.25) is 14.3 Å². The first-order valence-electron chi connectivity index (χ1n) is 8.51. The summed E-state index contributed by atoms with van der Waals surface area (Å²) in [4.78, 5) is 30.6. The molecule has 2 aromatic rings. The normalized spacial score (nSPS) is 20.2. The van der Waals surface area contributed by atoms with Crippen LogP contribution in [0.5, 0.6) is 0 Å². The van der Waals surface area contributed by atoms with E-state index in [0.29, 0.717) is 12.2 Å². The molecule has 1 amide bonds. The van der Waals surface area contributed by atoms with Gasteiger partial charge in [0.25, 0.3) is 11.5 Å². The van der Waals surface area contributed by atoms with Gasteiger partial charge in [-0.1, -0.05) is 0 Å². The van der Waals surface area contributed by atoms with E-state index in [1.165, 1.54) is 0 Å². The maximum Gasteiger partial charge on any atom is 0.274 e. The summed E-state index contributed by atoms with van der Waals surface area (Å²) in [6.45, 7) is 2.30. The number of carbonyl (C=O) groups is 1. The Morgan fingerprint density at radius 3 is 2.96 bits per heavy atom. The largest absolute Gasteiger partial charge is 0.337 e. The van der Waals surface area contributed by atoms with E-state index in [2.05, 4.69) is 14.6 Å². The molecule has 2 aliphatic rings. The van der Waals surface area contributed by atoms with E-state index < -0.39 is 0 Å². The van der Waals surface area contributed by atoms with Gasteiger partial charge in [0, 0.05) is 57.0 Å². The molecule has 1 atom stereocenters. The summed E-state index contributed by atoms with van der Waals surface area (Å²) < 4.78 is 3.82. The van der Waals surface area contributed by atoms with Crippen molar-refractivity contribution < 1.29 is 4.79 Å². The number of amides is 1. The van der Waals surface area contributed by atoms with Gasteiger partial charge in [0.2, 0.25) is 0 Å². The van der Waals surface area contributed by atoms with E-state index in [1.807, 2.05) is 11.9 Å². The first kappa shape index (κ1) is 15.1. The van der Waals surface area contributed by atoms with Gasteiger partial charge in [-0.15, -0.1) is 0 Å². The van der Waals surface area contributed by atoms with Gasteiger partial charge in [-0.25, -0.2) is 0 Å². The van der Waals surface area contributed by atoms with Crippen LogP contribution >= 0.6 is 0 Å². The number of hydrogen-bond acceptors (Lipinski definition) is 4. The summed E-state index contributed by atoms with van der Waals surface area (Å²) in [6.07, 6.45) is 5.62. The third kappa shape index (κ3) is 2.64. The van der Waals surface area contributed by atoms with Crippen molar-refractivity contribution in [1.29, 1.82) is 0 Å². The Hall–Kier alpha value is -2.44. The van der Waals surface area contributed by atoms with E-state index >= 15 is 0 Å². The lowest BCUT2D eigenvalue weighted by atomic mass is 9.94. The fraction of sp³-hybridized carbons (Fsp3) is 0.529. The molecule has 7 nitrogen and oxygen atoms in total. The van der Waals surface area contributed by atoms with Gasteiger partial charge in [0.15, 0.2) is 0 Å². The van der Waals surface area contributed by atoms with Gasteiger partial charge >= 0.3 is 0 Å². The molecule has 4 rings (SSSR count). The van der Waals surface area contributed by atoms with Gasteiger partial charge in [-0.2, -0.15) is 10.1 Å². The molecule has 24 heavy (non-hydrogen) atoms. The molecule has 0 unspecified atom stereocenters. The third-order valence-electron chi connectivity index (χ3n) is 4.98. The smallest absolute Gasteiger partial charge is 0.274 e. The molecular formula is C17H21N5O2. The Kier molecular flexibility index (Phi) is 3.70. The number of nitrogens with zero attached hydrogens (tertiary/aromatic N) is 5. The predicted octanol–water partition coefficient (Wildman–Crippen LogP) is 0.943. The van der Waals surface area contributed by atoms with Crippen molar-refractivity contribution in [2.24, 2.45) is 7.05 Å². The van der Waals surface area contributed by atoms with E-state index in [1.54, 1.807) is 23.0 Å². The van der Waals surface area contributed by atoms with Crippen LogP contribution in [0.4, 0.5) is 0 Å². The molecule has 0 spiro atoms. The van der Waals surface area contributed by atoms with Crippen LogP contribution < -0.4 is 5.56 Å². The third-order valence-corrected chi connectivity index (χ3v) is 4.98. The number of hydrogen-bond donors (Lipinski definition) is 0. The lowest BCUT2D eigenvalue weighted by Gasteiger charge is -2.33. The van der Waals surface area contributed by atoms with Crippen molar-refractivity contribution in [3.05, 3.63) is 45.9 Å². The fourth-order valence-electron chi connectivity index (χ4n) is 3.85. The van der Waals surface area contributed by atoms with Crippen LogP contribution in [0.1, 0.15) is 47.2 Å². The van der Waals surface area contributed by atoms with Crippen LogP contribution in [0.2, 0.25) is 0 Å². The Morgan fingerprint density at radius 1 is 1.29 bits per heavy atom. The monoisotopic (exact) mass is 327 g/mol. The van der Waals surface area contributed by atoms with Crippen molar-refractivity contribution in [2.45, 2.75) is 38.1 Å². The molecule has 0 aromatic carbocycles. The summed E-state index contributed by atoms with van der Waals surface area (Å²) in [5.41, 5.74) is 1.36. The number of piperidine rings is 1. The molecule has 2 aromatic heterocycles. The molecule has 1 fully saturated rings. The molecule has 126 valence electrons. The quantitative estimate of drug-likeness (QED) is 0.823. The van der Waals surface area contributed by atoms with Crippen LogP contribution in [0.15, 0.2) is 23.1 Å². The maximum absolute atomic E-state index is 12.7. The van der Waals surface area contributed by atoms with Crippen LogP contribution in [0, 0.1) is 0 Å². The standard InChI is InChI=1S/C17H21N5O2/c1-20-9-6-13(19-20)17(24)21-7-2-4-12(11-21)14-10-16(23)18-15-5-3-8-22(14)15/h6,9-10,12H,2-5,7-8,11H2,1H3/t12-/m1/s1. The number of rotatable bonds is 2.